The van der Waals surface area contributed by atoms with Crippen molar-refractivity contribution < 1.29 is 5.11 Å². The normalized spacial score (nSPS) is 25.8. The van der Waals surface area contributed by atoms with Crippen molar-refractivity contribution >= 4 is 28.7 Å². The molecule has 0 amide bonds. The predicted molar refractivity (Wildman–Crippen MR) is 74.8 cm³/mol. The van der Waals surface area contributed by atoms with Gasteiger partial charge in [-0.05, 0) is 12.0 Å². The summed E-state index contributed by atoms with van der Waals surface area (Å²) in [5, 5.41) is 13.0. The second-order valence-electron chi connectivity index (χ2n) is 4.42. The first kappa shape index (κ1) is 13.0. The van der Waals surface area contributed by atoms with Crippen molar-refractivity contribution in [3.63, 3.8) is 0 Å². The maximum atomic E-state index is 9.30. The number of nitrogen functional groups attached to an aromatic ring is 1. The fraction of sp³-hybridized carbons (Fsp3) is 0.500. The van der Waals surface area contributed by atoms with E-state index in [1.165, 1.54) is 6.33 Å². The minimum absolute atomic E-state index is 0.0344. The fourth-order valence-corrected chi connectivity index (χ4v) is 3.75. The van der Waals surface area contributed by atoms with Gasteiger partial charge in [0.1, 0.15) is 11.8 Å². The Labute approximate surface area is 117 Å². The summed E-state index contributed by atoms with van der Waals surface area (Å²) in [5.41, 5.74) is 15.6. The van der Waals surface area contributed by atoms with E-state index in [-0.39, 0.29) is 23.3 Å². The molecule has 9 nitrogen and oxygen atoms in total. The van der Waals surface area contributed by atoms with Gasteiger partial charge in [0.15, 0.2) is 11.5 Å². The summed E-state index contributed by atoms with van der Waals surface area (Å²) in [7, 11) is 0. The van der Waals surface area contributed by atoms with Crippen molar-refractivity contribution in [1.82, 2.24) is 19.5 Å². The number of nitrogens with two attached hydrogens (primary N) is 1. The summed E-state index contributed by atoms with van der Waals surface area (Å²) in [6, 6.07) is -0.254. The molecule has 0 spiro atoms. The van der Waals surface area contributed by atoms with Crippen LogP contribution in [0.1, 0.15) is 11.8 Å². The number of aromatic nitrogens is 4. The number of rotatable bonds is 3. The van der Waals surface area contributed by atoms with Crippen molar-refractivity contribution in [3.05, 3.63) is 23.1 Å². The van der Waals surface area contributed by atoms with E-state index in [2.05, 4.69) is 25.0 Å². The van der Waals surface area contributed by atoms with E-state index in [0.29, 0.717) is 23.4 Å². The molecule has 0 radical (unpaired) electrons. The zero-order valence-electron chi connectivity index (χ0n) is 10.4. The first-order valence-electron chi connectivity index (χ1n) is 5.98. The summed E-state index contributed by atoms with van der Waals surface area (Å²) in [4.78, 5) is 15.2. The molecule has 1 aliphatic heterocycles. The van der Waals surface area contributed by atoms with E-state index in [0.717, 1.165) is 0 Å². The highest BCUT2D eigenvalue weighted by atomic mass is 32.2. The lowest BCUT2D eigenvalue weighted by Crippen LogP contribution is -2.14. The van der Waals surface area contributed by atoms with Gasteiger partial charge in [-0.15, -0.1) is 11.8 Å². The summed E-state index contributed by atoms with van der Waals surface area (Å²) in [6.07, 6.45) is 3.62. The van der Waals surface area contributed by atoms with Gasteiger partial charge in [-0.3, -0.25) is 0 Å². The van der Waals surface area contributed by atoms with Crippen molar-refractivity contribution in [2.75, 3.05) is 12.3 Å². The first-order valence-corrected chi connectivity index (χ1v) is 6.92. The number of hydrogen-bond donors (Lipinski definition) is 2. The van der Waals surface area contributed by atoms with Gasteiger partial charge in [-0.25, -0.2) is 15.0 Å². The molecule has 0 saturated carbocycles. The molecule has 2 aromatic heterocycles. The van der Waals surface area contributed by atoms with Crippen LogP contribution in [0.25, 0.3) is 21.6 Å². The average Bonchev–Trinajstić information content (AvgIpc) is 3.03. The van der Waals surface area contributed by atoms with Crippen LogP contribution < -0.4 is 5.73 Å². The number of azide groups is 1. The quantitative estimate of drug-likeness (QED) is 0.493. The van der Waals surface area contributed by atoms with Crippen LogP contribution in [-0.2, 0) is 0 Å². The molecule has 3 rings (SSSR count). The van der Waals surface area contributed by atoms with Crippen molar-refractivity contribution in [1.29, 1.82) is 0 Å². The Kier molecular flexibility index (Phi) is 3.35. The van der Waals surface area contributed by atoms with Crippen LogP contribution in [0, 0.1) is 0 Å². The van der Waals surface area contributed by atoms with E-state index >= 15 is 0 Å². The number of fused-ring (bicyclic) bond motifs is 1. The zero-order valence-corrected chi connectivity index (χ0v) is 11.2. The molecule has 10 heteroatoms. The third-order valence-corrected chi connectivity index (χ3v) is 4.78. The van der Waals surface area contributed by atoms with Crippen LogP contribution in [0.5, 0.6) is 0 Å². The van der Waals surface area contributed by atoms with Crippen LogP contribution in [0.3, 0.4) is 0 Å². The lowest BCUT2D eigenvalue weighted by atomic mass is 10.2. The molecule has 1 saturated heterocycles. The minimum atomic E-state index is -0.254. The van der Waals surface area contributed by atoms with Gasteiger partial charge < -0.3 is 15.4 Å². The molecule has 1 fully saturated rings. The van der Waals surface area contributed by atoms with E-state index in [9.17, 15) is 5.11 Å². The highest BCUT2D eigenvalue weighted by Crippen LogP contribution is 2.44. The summed E-state index contributed by atoms with van der Waals surface area (Å²) in [5.74, 6) is 0.316. The lowest BCUT2D eigenvalue weighted by Gasteiger charge is -2.16. The molecule has 0 aliphatic carbocycles. The molecule has 3 N–H and O–H groups in total. The number of aliphatic hydroxyl groups is 1. The summed E-state index contributed by atoms with van der Waals surface area (Å²) < 4.78 is 1.83. The highest BCUT2D eigenvalue weighted by molar-refractivity contribution is 8.00. The van der Waals surface area contributed by atoms with E-state index in [1.807, 2.05) is 4.57 Å². The van der Waals surface area contributed by atoms with Gasteiger partial charge >= 0.3 is 0 Å². The third kappa shape index (κ3) is 2.03. The van der Waals surface area contributed by atoms with Crippen LogP contribution in [0.2, 0.25) is 0 Å². The fourth-order valence-electron chi connectivity index (χ4n) is 2.32. The Morgan fingerprint density at radius 2 is 2.40 bits per heavy atom. The third-order valence-electron chi connectivity index (χ3n) is 3.23. The Morgan fingerprint density at radius 3 is 3.15 bits per heavy atom. The number of imidazole rings is 1. The Hall–Kier alpha value is -2.03. The average molecular weight is 292 g/mol. The number of anilines is 1. The molecule has 3 heterocycles. The maximum absolute atomic E-state index is 9.30. The van der Waals surface area contributed by atoms with Crippen LogP contribution in [0.4, 0.5) is 5.82 Å². The molecule has 2 aromatic rings. The highest BCUT2D eigenvalue weighted by Gasteiger charge is 2.36. The standard InChI is InChI=1S/C10H12N8OS/c11-8-7-9(14-3-13-8)18(4-15-7)10-6(16-17-12)1-5(2-19)20-10/h3-6,10,19H,1-2H2,(H2,11,13,14)/t5-,6-,10-/m0/s1. The molecule has 1 aliphatic rings. The number of thioether (sulfide) groups is 1. The van der Waals surface area contributed by atoms with Crippen LogP contribution in [-0.4, -0.2) is 42.5 Å². The van der Waals surface area contributed by atoms with Crippen LogP contribution >= 0.6 is 11.8 Å². The second-order valence-corrected chi connectivity index (χ2v) is 5.84. The monoisotopic (exact) mass is 292 g/mol. The molecule has 0 bridgehead atoms. The Balaban J connectivity index is 2.05. The Morgan fingerprint density at radius 1 is 1.55 bits per heavy atom. The SMILES string of the molecule is [N-]=[N+]=N[C@H]1C[C@@H](CO)S[C@@H]1n1cnc2c(N)ncnc21. The minimum Gasteiger partial charge on any atom is -0.395 e. The van der Waals surface area contributed by atoms with Gasteiger partial charge in [0.2, 0.25) is 0 Å². The van der Waals surface area contributed by atoms with Crippen molar-refractivity contribution in [2.24, 2.45) is 5.11 Å². The molecule has 3 atom stereocenters. The van der Waals surface area contributed by atoms with Gasteiger partial charge in [-0.2, -0.15) is 0 Å². The molecular formula is C10H12N8OS. The second kappa shape index (κ2) is 5.16. The Bertz CT molecular complexity index is 681. The summed E-state index contributed by atoms with van der Waals surface area (Å²) >= 11 is 1.54. The van der Waals surface area contributed by atoms with Crippen LogP contribution in [0.15, 0.2) is 17.8 Å². The predicted octanol–water partition coefficient (Wildman–Crippen LogP) is 1.08. The first-order chi connectivity index (χ1) is 9.74. The van der Waals surface area contributed by atoms with Crippen molar-refractivity contribution in [3.8, 4) is 0 Å². The van der Waals surface area contributed by atoms with Gasteiger partial charge in [-0.1, -0.05) is 5.11 Å². The smallest absolute Gasteiger partial charge is 0.166 e. The lowest BCUT2D eigenvalue weighted by molar-refractivity contribution is 0.289. The topological polar surface area (TPSA) is 139 Å². The van der Waals surface area contributed by atoms with E-state index in [4.69, 9.17) is 11.3 Å². The molecule has 0 unspecified atom stereocenters. The molecular weight excluding hydrogens is 280 g/mol. The van der Waals surface area contributed by atoms with E-state index in [1.54, 1.807) is 18.1 Å². The molecule has 104 valence electrons. The molecule has 20 heavy (non-hydrogen) atoms. The van der Waals surface area contributed by atoms with E-state index < -0.39 is 0 Å². The van der Waals surface area contributed by atoms with Gasteiger partial charge in [0.25, 0.3) is 0 Å². The van der Waals surface area contributed by atoms with Crippen molar-refractivity contribution in [2.45, 2.75) is 23.1 Å². The number of aliphatic hydroxyl groups excluding tert-OH is 1. The summed E-state index contributed by atoms with van der Waals surface area (Å²) in [6.45, 7) is 0.0440. The maximum Gasteiger partial charge on any atom is 0.166 e. The number of nitrogens with zero attached hydrogens (tertiary/aromatic N) is 7. The van der Waals surface area contributed by atoms with Gasteiger partial charge in [0, 0.05) is 10.2 Å². The largest absolute Gasteiger partial charge is 0.395 e. The molecule has 0 aromatic carbocycles. The number of hydrogen-bond acceptors (Lipinski definition) is 7. The zero-order chi connectivity index (χ0) is 14.1. The van der Waals surface area contributed by atoms with Gasteiger partial charge in [0.05, 0.1) is 24.3 Å².